The lowest BCUT2D eigenvalue weighted by atomic mass is 10.1. The van der Waals surface area contributed by atoms with E-state index in [-0.39, 0.29) is 11.7 Å². The summed E-state index contributed by atoms with van der Waals surface area (Å²) in [5.41, 5.74) is 3.08. The van der Waals surface area contributed by atoms with E-state index in [0.29, 0.717) is 5.75 Å². The van der Waals surface area contributed by atoms with Crippen molar-refractivity contribution in [3.8, 4) is 5.75 Å². The first-order chi connectivity index (χ1) is 9.54. The van der Waals surface area contributed by atoms with E-state index < -0.39 is 0 Å². The Balaban J connectivity index is 1.92. The number of rotatable bonds is 4. The molecular formula is C16H17NO2S. The molecule has 0 radical (unpaired) electrons. The van der Waals surface area contributed by atoms with Crippen molar-refractivity contribution in [1.82, 2.24) is 0 Å². The van der Waals surface area contributed by atoms with Crippen LogP contribution in [0.5, 0.6) is 5.75 Å². The maximum absolute atomic E-state index is 11.9. The summed E-state index contributed by atoms with van der Waals surface area (Å²) >= 11 is 1.40. The number of carbonyl (C=O) groups is 1. The number of anilines is 1. The van der Waals surface area contributed by atoms with Gasteiger partial charge in [0.1, 0.15) is 5.75 Å². The molecule has 1 amide bonds. The Morgan fingerprint density at radius 3 is 2.70 bits per heavy atom. The van der Waals surface area contributed by atoms with Crippen molar-refractivity contribution in [2.24, 2.45) is 0 Å². The van der Waals surface area contributed by atoms with Gasteiger partial charge in [-0.25, -0.2) is 0 Å². The molecule has 0 unspecified atom stereocenters. The molecule has 2 N–H and O–H groups in total. The van der Waals surface area contributed by atoms with Crippen LogP contribution in [0.4, 0.5) is 5.69 Å². The fraction of sp³-hybridized carbons (Fsp3) is 0.188. The highest BCUT2D eigenvalue weighted by Crippen LogP contribution is 2.22. The summed E-state index contributed by atoms with van der Waals surface area (Å²) in [6, 6.07) is 12.8. The topological polar surface area (TPSA) is 49.3 Å². The fourth-order valence-corrected chi connectivity index (χ4v) is 2.61. The number of amides is 1. The number of phenols is 1. The number of carbonyl (C=O) groups excluding carboxylic acids is 1. The van der Waals surface area contributed by atoms with Crippen molar-refractivity contribution in [3.63, 3.8) is 0 Å². The number of hydrogen-bond donors (Lipinski definition) is 2. The maximum Gasteiger partial charge on any atom is 0.234 e. The van der Waals surface area contributed by atoms with Crippen LogP contribution < -0.4 is 5.32 Å². The second-order valence-corrected chi connectivity index (χ2v) is 5.70. The molecule has 4 heteroatoms. The summed E-state index contributed by atoms with van der Waals surface area (Å²) in [6.45, 7) is 4.00. The van der Waals surface area contributed by atoms with Crippen molar-refractivity contribution < 1.29 is 9.90 Å². The second-order valence-electron chi connectivity index (χ2n) is 4.65. The molecule has 2 aromatic carbocycles. The van der Waals surface area contributed by atoms with E-state index in [4.69, 9.17) is 0 Å². The number of aryl methyl sites for hydroxylation is 2. The third-order valence-corrected chi connectivity index (χ3v) is 3.84. The molecular weight excluding hydrogens is 270 g/mol. The van der Waals surface area contributed by atoms with Gasteiger partial charge in [0, 0.05) is 10.6 Å². The van der Waals surface area contributed by atoms with Gasteiger partial charge in [-0.2, -0.15) is 0 Å². The zero-order valence-corrected chi connectivity index (χ0v) is 12.3. The Bertz CT molecular complexity index is 626. The lowest BCUT2D eigenvalue weighted by Crippen LogP contribution is -2.14. The molecule has 0 aliphatic rings. The Kier molecular flexibility index (Phi) is 4.69. The van der Waals surface area contributed by atoms with Gasteiger partial charge in [0.05, 0.1) is 5.75 Å². The standard InChI is InChI=1S/C16H17NO2S/c1-11-6-7-15(12(2)8-11)17-16(19)10-20-14-5-3-4-13(18)9-14/h3-9,18H,10H2,1-2H3,(H,17,19). The van der Waals surface area contributed by atoms with Gasteiger partial charge in [0.2, 0.25) is 5.91 Å². The molecule has 0 heterocycles. The molecule has 0 saturated carbocycles. The predicted octanol–water partition coefficient (Wildman–Crippen LogP) is 3.74. The van der Waals surface area contributed by atoms with E-state index in [1.165, 1.54) is 17.3 Å². The van der Waals surface area contributed by atoms with Gasteiger partial charge in [0.15, 0.2) is 0 Å². The number of hydrogen-bond acceptors (Lipinski definition) is 3. The Hall–Kier alpha value is -1.94. The molecule has 0 spiro atoms. The molecule has 3 nitrogen and oxygen atoms in total. The van der Waals surface area contributed by atoms with Crippen molar-refractivity contribution in [1.29, 1.82) is 0 Å². The zero-order chi connectivity index (χ0) is 14.5. The van der Waals surface area contributed by atoms with E-state index >= 15 is 0 Å². The summed E-state index contributed by atoms with van der Waals surface area (Å²) in [5.74, 6) is 0.478. The van der Waals surface area contributed by atoms with Crippen molar-refractivity contribution in [3.05, 3.63) is 53.6 Å². The third kappa shape index (κ3) is 4.03. The van der Waals surface area contributed by atoms with Crippen molar-refractivity contribution >= 4 is 23.4 Å². The third-order valence-electron chi connectivity index (χ3n) is 2.84. The van der Waals surface area contributed by atoms with Crippen LogP contribution in [0, 0.1) is 13.8 Å². The summed E-state index contributed by atoms with van der Waals surface area (Å²) < 4.78 is 0. The quantitative estimate of drug-likeness (QED) is 0.842. The van der Waals surface area contributed by atoms with E-state index in [0.717, 1.165) is 16.1 Å². The van der Waals surface area contributed by atoms with Gasteiger partial charge in [-0.05, 0) is 43.7 Å². The fourth-order valence-electron chi connectivity index (χ4n) is 1.86. The number of phenolic OH excluding ortho intramolecular Hbond substituents is 1. The van der Waals surface area contributed by atoms with Crippen LogP contribution in [-0.2, 0) is 4.79 Å². The zero-order valence-electron chi connectivity index (χ0n) is 11.5. The molecule has 0 aromatic heterocycles. The van der Waals surface area contributed by atoms with Crippen LogP contribution >= 0.6 is 11.8 Å². The highest BCUT2D eigenvalue weighted by atomic mass is 32.2. The van der Waals surface area contributed by atoms with E-state index in [9.17, 15) is 9.90 Å². The molecule has 2 aromatic rings. The molecule has 20 heavy (non-hydrogen) atoms. The van der Waals surface area contributed by atoms with Crippen LogP contribution in [0.3, 0.4) is 0 Å². The molecule has 0 fully saturated rings. The van der Waals surface area contributed by atoms with Gasteiger partial charge in [0.25, 0.3) is 0 Å². The molecule has 0 aliphatic heterocycles. The first-order valence-electron chi connectivity index (χ1n) is 6.33. The van der Waals surface area contributed by atoms with Gasteiger partial charge < -0.3 is 10.4 Å². The van der Waals surface area contributed by atoms with Crippen LogP contribution in [0.15, 0.2) is 47.4 Å². The van der Waals surface area contributed by atoms with E-state index in [2.05, 4.69) is 5.32 Å². The van der Waals surface area contributed by atoms with Gasteiger partial charge in [-0.3, -0.25) is 4.79 Å². The molecule has 0 saturated heterocycles. The monoisotopic (exact) mass is 287 g/mol. The lowest BCUT2D eigenvalue weighted by Gasteiger charge is -2.09. The number of benzene rings is 2. The smallest absolute Gasteiger partial charge is 0.234 e. The van der Waals surface area contributed by atoms with Crippen LogP contribution in [0.1, 0.15) is 11.1 Å². The summed E-state index contributed by atoms with van der Waals surface area (Å²) in [7, 11) is 0. The molecule has 0 bridgehead atoms. The predicted molar refractivity (Wildman–Crippen MR) is 83.4 cm³/mol. The van der Waals surface area contributed by atoms with Crippen LogP contribution in [0.25, 0.3) is 0 Å². The van der Waals surface area contributed by atoms with Gasteiger partial charge in [-0.1, -0.05) is 23.8 Å². The Morgan fingerprint density at radius 1 is 1.20 bits per heavy atom. The minimum Gasteiger partial charge on any atom is -0.508 e. The van der Waals surface area contributed by atoms with E-state index in [1.54, 1.807) is 18.2 Å². The van der Waals surface area contributed by atoms with Crippen molar-refractivity contribution in [2.75, 3.05) is 11.1 Å². The van der Waals surface area contributed by atoms with Gasteiger partial charge in [-0.15, -0.1) is 11.8 Å². The summed E-state index contributed by atoms with van der Waals surface area (Å²) in [4.78, 5) is 12.8. The second kappa shape index (κ2) is 6.48. The lowest BCUT2D eigenvalue weighted by molar-refractivity contribution is -0.113. The molecule has 0 atom stereocenters. The first kappa shape index (κ1) is 14.5. The number of thioether (sulfide) groups is 1. The average molecular weight is 287 g/mol. The molecule has 104 valence electrons. The SMILES string of the molecule is Cc1ccc(NC(=O)CSc2cccc(O)c2)c(C)c1. The Morgan fingerprint density at radius 2 is 2.00 bits per heavy atom. The summed E-state index contributed by atoms with van der Waals surface area (Å²) in [5, 5.41) is 12.3. The largest absolute Gasteiger partial charge is 0.508 e. The van der Waals surface area contributed by atoms with Crippen LogP contribution in [-0.4, -0.2) is 16.8 Å². The highest BCUT2D eigenvalue weighted by molar-refractivity contribution is 8.00. The average Bonchev–Trinajstić information content (AvgIpc) is 2.40. The highest BCUT2D eigenvalue weighted by Gasteiger charge is 2.06. The minimum atomic E-state index is -0.0507. The van der Waals surface area contributed by atoms with Crippen molar-refractivity contribution in [2.45, 2.75) is 18.7 Å². The molecule has 2 rings (SSSR count). The number of nitrogens with one attached hydrogen (secondary N) is 1. The maximum atomic E-state index is 11.9. The normalized spacial score (nSPS) is 10.3. The van der Waals surface area contributed by atoms with Gasteiger partial charge >= 0.3 is 0 Å². The van der Waals surface area contributed by atoms with Crippen LogP contribution in [0.2, 0.25) is 0 Å². The minimum absolute atomic E-state index is 0.0507. The summed E-state index contributed by atoms with van der Waals surface area (Å²) in [6.07, 6.45) is 0. The first-order valence-corrected chi connectivity index (χ1v) is 7.32. The van der Waals surface area contributed by atoms with E-state index in [1.807, 2.05) is 38.1 Å². The number of aromatic hydroxyl groups is 1. The Labute approximate surface area is 123 Å². The molecule has 0 aliphatic carbocycles.